The minimum atomic E-state index is 0.280. The first-order valence-electron chi connectivity index (χ1n) is 5.00. The van der Waals surface area contributed by atoms with Gasteiger partial charge in [-0.25, -0.2) is 4.98 Å². The van der Waals surface area contributed by atoms with E-state index in [2.05, 4.69) is 23.8 Å². The average molecular weight is 193 g/mol. The van der Waals surface area contributed by atoms with Gasteiger partial charge in [0.1, 0.15) is 5.82 Å². The number of hydrogen-bond donors (Lipinski definition) is 1. The van der Waals surface area contributed by atoms with Crippen LogP contribution in [0.3, 0.4) is 0 Å². The lowest BCUT2D eigenvalue weighted by Crippen LogP contribution is -2.20. The van der Waals surface area contributed by atoms with Crippen molar-refractivity contribution in [2.45, 2.75) is 25.8 Å². The summed E-state index contributed by atoms with van der Waals surface area (Å²) in [4.78, 5) is 4.33. The average Bonchev–Trinajstić information content (AvgIpc) is 2.60. The van der Waals surface area contributed by atoms with Gasteiger partial charge < -0.3 is 9.88 Å². The smallest absolute Gasteiger partial charge is 0.125 e. The molecule has 1 atom stereocenters. The Morgan fingerprint density at radius 3 is 2.86 bits per heavy atom. The summed E-state index contributed by atoms with van der Waals surface area (Å²) in [5.41, 5.74) is 1.26. The van der Waals surface area contributed by atoms with Crippen LogP contribution in [0, 0.1) is 0 Å². The van der Waals surface area contributed by atoms with E-state index in [4.69, 9.17) is 0 Å². The largest absolute Gasteiger partial charge is 0.337 e. The second-order valence-electron chi connectivity index (χ2n) is 3.55. The van der Waals surface area contributed by atoms with Crippen LogP contribution in [0.25, 0.3) is 0 Å². The van der Waals surface area contributed by atoms with Gasteiger partial charge in [0.15, 0.2) is 0 Å². The van der Waals surface area contributed by atoms with Crippen molar-refractivity contribution in [2.24, 2.45) is 7.05 Å². The zero-order chi connectivity index (χ0) is 10.6. The maximum Gasteiger partial charge on any atom is 0.125 e. The number of nitrogens with one attached hydrogen (secondary N) is 1. The fourth-order valence-electron chi connectivity index (χ4n) is 1.47. The Kier molecular flexibility index (Phi) is 3.89. The summed E-state index contributed by atoms with van der Waals surface area (Å²) in [5.74, 6) is 1.07. The molecule has 0 aliphatic rings. The molecule has 0 aromatic carbocycles. The Bertz CT molecular complexity index is 301. The highest BCUT2D eigenvalue weighted by Gasteiger charge is 2.13. The van der Waals surface area contributed by atoms with E-state index < -0.39 is 0 Å². The van der Waals surface area contributed by atoms with Gasteiger partial charge in [-0.15, -0.1) is 0 Å². The Morgan fingerprint density at radius 2 is 2.43 bits per heavy atom. The lowest BCUT2D eigenvalue weighted by atomic mass is 10.1. The molecular weight excluding hydrogens is 174 g/mol. The molecule has 0 aliphatic heterocycles. The molecule has 3 heteroatoms. The van der Waals surface area contributed by atoms with Gasteiger partial charge >= 0.3 is 0 Å². The number of rotatable bonds is 5. The van der Waals surface area contributed by atoms with E-state index in [1.165, 1.54) is 5.57 Å². The maximum atomic E-state index is 4.33. The van der Waals surface area contributed by atoms with Crippen molar-refractivity contribution in [3.05, 3.63) is 30.4 Å². The predicted molar refractivity (Wildman–Crippen MR) is 59.1 cm³/mol. The first kappa shape index (κ1) is 11.0. The molecule has 1 N–H and O–H groups in total. The molecule has 1 unspecified atom stereocenters. The monoisotopic (exact) mass is 193 g/mol. The van der Waals surface area contributed by atoms with E-state index >= 15 is 0 Å². The van der Waals surface area contributed by atoms with Crippen LogP contribution in [-0.4, -0.2) is 16.6 Å². The molecule has 3 nitrogen and oxygen atoms in total. The fourth-order valence-corrected chi connectivity index (χ4v) is 1.47. The summed E-state index contributed by atoms with van der Waals surface area (Å²) in [6.07, 6.45) is 5.78. The lowest BCUT2D eigenvalue weighted by molar-refractivity contribution is 0.532. The molecule has 1 rings (SSSR count). The van der Waals surface area contributed by atoms with Crippen molar-refractivity contribution in [1.82, 2.24) is 14.9 Å². The van der Waals surface area contributed by atoms with Crippen molar-refractivity contribution < 1.29 is 0 Å². The van der Waals surface area contributed by atoms with E-state index in [9.17, 15) is 0 Å². The third-order valence-corrected chi connectivity index (χ3v) is 2.51. The maximum absolute atomic E-state index is 4.33. The molecule has 1 heterocycles. The molecule has 1 aromatic heterocycles. The van der Waals surface area contributed by atoms with Crippen LogP contribution in [0.4, 0.5) is 0 Å². The molecule has 14 heavy (non-hydrogen) atoms. The predicted octanol–water partition coefficient (Wildman–Crippen LogP) is 2.04. The van der Waals surface area contributed by atoms with Crippen LogP contribution in [0.1, 0.15) is 31.6 Å². The highest BCUT2D eigenvalue weighted by atomic mass is 15.1. The van der Waals surface area contributed by atoms with E-state index in [0.29, 0.717) is 0 Å². The Morgan fingerprint density at radius 1 is 1.71 bits per heavy atom. The summed E-state index contributed by atoms with van der Waals surface area (Å²) >= 11 is 0. The zero-order valence-corrected chi connectivity index (χ0v) is 9.25. The van der Waals surface area contributed by atoms with Crippen LogP contribution in [-0.2, 0) is 7.05 Å². The van der Waals surface area contributed by atoms with E-state index in [0.717, 1.165) is 18.7 Å². The third-order valence-electron chi connectivity index (χ3n) is 2.51. The first-order chi connectivity index (χ1) is 6.69. The normalized spacial score (nSPS) is 12.8. The SMILES string of the molecule is C=C(CC)CC(NC)c1nccn1C. The van der Waals surface area contributed by atoms with Gasteiger partial charge in [-0.2, -0.15) is 0 Å². The van der Waals surface area contributed by atoms with Crippen LogP contribution in [0.2, 0.25) is 0 Å². The molecule has 78 valence electrons. The van der Waals surface area contributed by atoms with E-state index in [1.54, 1.807) is 0 Å². The van der Waals surface area contributed by atoms with Crippen molar-refractivity contribution in [3.8, 4) is 0 Å². The van der Waals surface area contributed by atoms with Crippen molar-refractivity contribution >= 4 is 0 Å². The van der Waals surface area contributed by atoms with Gasteiger partial charge in [-0.1, -0.05) is 19.1 Å². The van der Waals surface area contributed by atoms with Gasteiger partial charge in [0.05, 0.1) is 6.04 Å². The summed E-state index contributed by atoms with van der Waals surface area (Å²) in [7, 11) is 3.98. The van der Waals surface area contributed by atoms with Crippen molar-refractivity contribution in [2.75, 3.05) is 7.05 Å². The van der Waals surface area contributed by atoms with E-state index in [1.807, 2.05) is 31.1 Å². The second-order valence-corrected chi connectivity index (χ2v) is 3.55. The van der Waals surface area contributed by atoms with Gasteiger partial charge in [-0.05, 0) is 19.9 Å². The van der Waals surface area contributed by atoms with Gasteiger partial charge in [-0.3, -0.25) is 0 Å². The fraction of sp³-hybridized carbons (Fsp3) is 0.545. The summed E-state index contributed by atoms with van der Waals surface area (Å²) in [5, 5.41) is 3.27. The Hall–Kier alpha value is -1.09. The molecule has 0 saturated heterocycles. The molecule has 0 spiro atoms. The lowest BCUT2D eigenvalue weighted by Gasteiger charge is -2.16. The molecule has 0 amide bonds. The molecular formula is C11H19N3. The van der Waals surface area contributed by atoms with Crippen LogP contribution >= 0.6 is 0 Å². The number of nitrogens with zero attached hydrogens (tertiary/aromatic N) is 2. The van der Waals surface area contributed by atoms with Crippen molar-refractivity contribution in [3.63, 3.8) is 0 Å². The number of imidazole rings is 1. The second kappa shape index (κ2) is 4.96. The standard InChI is InChI=1S/C11H19N3/c1-5-9(2)8-10(12-3)11-13-6-7-14(11)4/h6-7,10,12H,2,5,8H2,1,3-4H3. The quantitative estimate of drug-likeness (QED) is 0.725. The van der Waals surface area contributed by atoms with E-state index in [-0.39, 0.29) is 6.04 Å². The highest BCUT2D eigenvalue weighted by molar-refractivity contribution is 5.05. The topological polar surface area (TPSA) is 29.9 Å². The van der Waals surface area contributed by atoms with Crippen LogP contribution < -0.4 is 5.32 Å². The molecule has 0 aliphatic carbocycles. The molecule has 0 radical (unpaired) electrons. The van der Waals surface area contributed by atoms with Crippen molar-refractivity contribution in [1.29, 1.82) is 0 Å². The first-order valence-corrected chi connectivity index (χ1v) is 5.00. The Labute approximate surface area is 85.8 Å². The van der Waals surface area contributed by atoms with Gasteiger partial charge in [0, 0.05) is 19.4 Å². The van der Waals surface area contributed by atoms with Crippen LogP contribution in [0.5, 0.6) is 0 Å². The molecule has 1 aromatic rings. The van der Waals surface area contributed by atoms with Crippen LogP contribution in [0.15, 0.2) is 24.5 Å². The highest BCUT2D eigenvalue weighted by Crippen LogP contribution is 2.19. The summed E-state index contributed by atoms with van der Waals surface area (Å²) < 4.78 is 2.05. The number of hydrogen-bond acceptors (Lipinski definition) is 2. The third kappa shape index (κ3) is 2.45. The number of aromatic nitrogens is 2. The molecule has 0 fully saturated rings. The zero-order valence-electron chi connectivity index (χ0n) is 9.25. The Balaban J connectivity index is 2.72. The number of aryl methyl sites for hydroxylation is 1. The van der Waals surface area contributed by atoms with Gasteiger partial charge in [0.25, 0.3) is 0 Å². The summed E-state index contributed by atoms with van der Waals surface area (Å²) in [6.45, 7) is 6.16. The minimum Gasteiger partial charge on any atom is -0.337 e. The molecule has 0 saturated carbocycles. The molecule has 0 bridgehead atoms. The summed E-state index contributed by atoms with van der Waals surface area (Å²) in [6, 6.07) is 0.280. The minimum absolute atomic E-state index is 0.280. The van der Waals surface area contributed by atoms with Gasteiger partial charge in [0.2, 0.25) is 0 Å².